The van der Waals surface area contributed by atoms with Crippen LogP contribution in [0.3, 0.4) is 0 Å². The van der Waals surface area contributed by atoms with Crippen molar-refractivity contribution >= 4 is 16.0 Å². The molecule has 1 atom stereocenters. The van der Waals surface area contributed by atoms with Gasteiger partial charge in [-0.05, 0) is 12.3 Å². The Morgan fingerprint density at radius 2 is 1.84 bits per heavy atom. The third kappa shape index (κ3) is 8.82. The molecule has 1 unspecified atom stereocenters. The normalized spacial score (nSPS) is 14.6. The average Bonchev–Trinajstić information content (AvgIpc) is 2.11. The van der Waals surface area contributed by atoms with Crippen LogP contribution in [0.5, 0.6) is 0 Å². The summed E-state index contributed by atoms with van der Waals surface area (Å²) in [6.45, 7) is 2.91. The lowest BCUT2D eigenvalue weighted by atomic mass is 10.0. The van der Waals surface area contributed by atoms with Gasteiger partial charge in [0.15, 0.2) is 0 Å². The molecule has 0 aliphatic rings. The fourth-order valence-corrected chi connectivity index (χ4v) is 2.90. The Bertz CT molecular complexity index is 392. The zero-order valence-electron chi connectivity index (χ0n) is 10.7. The Hall–Kier alpha value is -0.830. The maximum atomic E-state index is 12.5. The Kier molecular flexibility index (Phi) is 6.78. The van der Waals surface area contributed by atoms with Crippen LogP contribution in [0.15, 0.2) is 0 Å². The van der Waals surface area contributed by atoms with Crippen LogP contribution in [0.1, 0.15) is 26.7 Å². The molecule has 0 radical (unpaired) electrons. The Labute approximate surface area is 110 Å². The minimum absolute atomic E-state index is 0.144. The number of alkyl halides is 3. The molecule has 0 fully saturated rings. The number of carboxylic acid groups (broad SMARTS) is 1. The first-order chi connectivity index (χ1) is 8.44. The first kappa shape index (κ1) is 18.2. The second kappa shape index (κ2) is 7.09. The smallest absolute Gasteiger partial charge is 0.392 e. The van der Waals surface area contributed by atoms with Gasteiger partial charge in [-0.1, -0.05) is 13.8 Å². The first-order valence-electron chi connectivity index (χ1n) is 5.70. The molecule has 19 heavy (non-hydrogen) atoms. The van der Waals surface area contributed by atoms with Gasteiger partial charge in [-0.3, -0.25) is 4.79 Å². The molecule has 9 heteroatoms. The van der Waals surface area contributed by atoms with Gasteiger partial charge < -0.3 is 5.11 Å². The monoisotopic (exact) mass is 305 g/mol. The van der Waals surface area contributed by atoms with Crippen molar-refractivity contribution in [1.82, 2.24) is 4.72 Å². The van der Waals surface area contributed by atoms with Gasteiger partial charge in [-0.2, -0.15) is 13.2 Å². The number of halogens is 3. The van der Waals surface area contributed by atoms with E-state index in [0.717, 1.165) is 0 Å². The summed E-state index contributed by atoms with van der Waals surface area (Å²) in [6.07, 6.45) is -6.30. The van der Waals surface area contributed by atoms with E-state index in [4.69, 9.17) is 5.11 Å². The molecule has 0 rings (SSSR count). The van der Waals surface area contributed by atoms with Gasteiger partial charge in [0.1, 0.15) is 0 Å². The van der Waals surface area contributed by atoms with Crippen LogP contribution in [0, 0.1) is 11.8 Å². The topological polar surface area (TPSA) is 83.5 Å². The fraction of sp³-hybridized carbons (Fsp3) is 0.900. The van der Waals surface area contributed by atoms with Crippen LogP contribution in [-0.2, 0) is 14.8 Å². The van der Waals surface area contributed by atoms with Crippen molar-refractivity contribution in [1.29, 1.82) is 0 Å². The maximum Gasteiger partial charge on any atom is 0.392 e. The van der Waals surface area contributed by atoms with Crippen molar-refractivity contribution in [2.24, 2.45) is 11.8 Å². The number of aliphatic carboxylic acids is 1. The largest absolute Gasteiger partial charge is 0.481 e. The van der Waals surface area contributed by atoms with Crippen molar-refractivity contribution in [2.45, 2.75) is 32.9 Å². The molecule has 0 saturated heterocycles. The van der Waals surface area contributed by atoms with E-state index in [9.17, 15) is 26.4 Å². The molecule has 0 aromatic heterocycles. The van der Waals surface area contributed by atoms with E-state index in [0.29, 0.717) is 0 Å². The van der Waals surface area contributed by atoms with E-state index in [1.807, 2.05) is 4.72 Å². The van der Waals surface area contributed by atoms with E-state index >= 15 is 0 Å². The van der Waals surface area contributed by atoms with Crippen LogP contribution in [0.2, 0.25) is 0 Å². The fourth-order valence-electron chi connectivity index (χ4n) is 1.48. The third-order valence-electron chi connectivity index (χ3n) is 2.25. The van der Waals surface area contributed by atoms with E-state index in [1.54, 1.807) is 13.8 Å². The molecule has 0 heterocycles. The van der Waals surface area contributed by atoms with Crippen LogP contribution >= 0.6 is 0 Å². The van der Waals surface area contributed by atoms with Gasteiger partial charge in [0.2, 0.25) is 10.0 Å². The Morgan fingerprint density at radius 3 is 2.21 bits per heavy atom. The van der Waals surface area contributed by atoms with Crippen LogP contribution in [0.4, 0.5) is 13.2 Å². The van der Waals surface area contributed by atoms with Gasteiger partial charge in [0, 0.05) is 6.54 Å². The number of carbonyl (C=O) groups is 1. The number of sulfonamides is 1. The number of hydrogen-bond acceptors (Lipinski definition) is 3. The van der Waals surface area contributed by atoms with Crippen molar-refractivity contribution in [3.63, 3.8) is 0 Å². The van der Waals surface area contributed by atoms with E-state index < -0.39 is 47.5 Å². The van der Waals surface area contributed by atoms with E-state index in [2.05, 4.69) is 0 Å². The van der Waals surface area contributed by atoms with Crippen LogP contribution in [0.25, 0.3) is 0 Å². The summed E-state index contributed by atoms with van der Waals surface area (Å²) in [7, 11) is -3.62. The van der Waals surface area contributed by atoms with Gasteiger partial charge in [-0.25, -0.2) is 13.1 Å². The van der Waals surface area contributed by atoms with E-state index in [1.165, 1.54) is 0 Å². The maximum absolute atomic E-state index is 12.5. The lowest BCUT2D eigenvalue weighted by Crippen LogP contribution is -2.33. The molecule has 0 aliphatic carbocycles. The molecule has 0 bridgehead atoms. The SMILES string of the molecule is CC(C)CS(=O)(=O)NCCC(CC(=O)O)C(F)(F)F. The van der Waals surface area contributed by atoms with Gasteiger partial charge in [-0.15, -0.1) is 0 Å². The molecular formula is C10H18F3NO4S. The van der Waals surface area contributed by atoms with Gasteiger partial charge in [0.25, 0.3) is 0 Å². The van der Waals surface area contributed by atoms with Crippen molar-refractivity contribution < 1.29 is 31.5 Å². The van der Waals surface area contributed by atoms with Crippen LogP contribution < -0.4 is 4.72 Å². The standard InChI is InChI=1S/C10H18F3NO4S/c1-7(2)6-19(17,18)14-4-3-8(5-9(15)16)10(11,12)13/h7-8,14H,3-6H2,1-2H3,(H,15,16). The highest BCUT2D eigenvalue weighted by Gasteiger charge is 2.40. The minimum Gasteiger partial charge on any atom is -0.481 e. The van der Waals surface area contributed by atoms with Gasteiger partial charge >= 0.3 is 12.1 Å². The molecule has 0 saturated carbocycles. The van der Waals surface area contributed by atoms with Gasteiger partial charge in [0.05, 0.1) is 18.1 Å². The Morgan fingerprint density at radius 1 is 1.32 bits per heavy atom. The molecule has 0 aliphatic heterocycles. The molecule has 0 amide bonds. The Balaban J connectivity index is 4.39. The lowest BCUT2D eigenvalue weighted by molar-refractivity contribution is -0.184. The lowest BCUT2D eigenvalue weighted by Gasteiger charge is -2.18. The number of rotatable bonds is 8. The molecule has 0 aromatic carbocycles. The molecule has 114 valence electrons. The summed E-state index contributed by atoms with van der Waals surface area (Å²) in [5, 5.41) is 8.39. The van der Waals surface area contributed by atoms with Crippen molar-refractivity contribution in [2.75, 3.05) is 12.3 Å². The minimum atomic E-state index is -4.65. The summed E-state index contributed by atoms with van der Waals surface area (Å²) < 4.78 is 62.2. The number of hydrogen-bond donors (Lipinski definition) is 2. The zero-order chi connectivity index (χ0) is 15.3. The van der Waals surface area contributed by atoms with Crippen molar-refractivity contribution in [3.05, 3.63) is 0 Å². The highest BCUT2D eigenvalue weighted by molar-refractivity contribution is 7.89. The van der Waals surface area contributed by atoms with Crippen LogP contribution in [-0.4, -0.2) is 38.0 Å². The highest BCUT2D eigenvalue weighted by Crippen LogP contribution is 2.31. The summed E-state index contributed by atoms with van der Waals surface area (Å²) in [5.41, 5.74) is 0. The van der Waals surface area contributed by atoms with Crippen molar-refractivity contribution in [3.8, 4) is 0 Å². The summed E-state index contributed by atoms with van der Waals surface area (Å²) in [4.78, 5) is 10.3. The van der Waals surface area contributed by atoms with E-state index in [-0.39, 0.29) is 11.7 Å². The quantitative estimate of drug-likeness (QED) is 0.713. The summed E-state index contributed by atoms with van der Waals surface area (Å²) >= 11 is 0. The molecule has 2 N–H and O–H groups in total. The number of nitrogens with one attached hydrogen (secondary N) is 1. The first-order valence-corrected chi connectivity index (χ1v) is 7.35. The molecule has 5 nitrogen and oxygen atoms in total. The number of carboxylic acids is 1. The second-order valence-electron chi connectivity index (χ2n) is 4.69. The highest BCUT2D eigenvalue weighted by atomic mass is 32.2. The molecule has 0 spiro atoms. The summed E-state index contributed by atoms with van der Waals surface area (Å²) in [5.74, 6) is -3.93. The second-order valence-corrected chi connectivity index (χ2v) is 6.55. The molecular weight excluding hydrogens is 287 g/mol. The predicted molar refractivity (Wildman–Crippen MR) is 63.0 cm³/mol. The average molecular weight is 305 g/mol. The molecule has 0 aromatic rings. The summed E-state index contributed by atoms with van der Waals surface area (Å²) in [6, 6.07) is 0. The third-order valence-corrected chi connectivity index (χ3v) is 4.00. The zero-order valence-corrected chi connectivity index (χ0v) is 11.5. The predicted octanol–water partition coefficient (Wildman–Crippen LogP) is 1.61.